The van der Waals surface area contributed by atoms with Crippen molar-refractivity contribution in [3.63, 3.8) is 0 Å². The fourth-order valence-electron chi connectivity index (χ4n) is 2.54. The number of hydrogen-bond donors (Lipinski definition) is 1. The van der Waals surface area contributed by atoms with E-state index in [4.69, 9.17) is 4.42 Å². The molecule has 0 aliphatic carbocycles. The minimum absolute atomic E-state index is 0. The average Bonchev–Trinajstić information content (AvgIpc) is 2.47. The van der Waals surface area contributed by atoms with Crippen LogP contribution in [0.4, 0.5) is 0 Å². The Labute approximate surface area is 149 Å². The van der Waals surface area contributed by atoms with E-state index in [1.165, 1.54) is 0 Å². The molecule has 1 unspecified atom stereocenters. The van der Waals surface area contributed by atoms with Gasteiger partial charge in [0, 0.05) is 35.1 Å². The molecule has 3 aromatic rings. The third-order valence-corrected chi connectivity index (χ3v) is 3.79. The van der Waals surface area contributed by atoms with Crippen LogP contribution in [0, 0.1) is 6.92 Å². The van der Waals surface area contributed by atoms with E-state index in [1.807, 2.05) is 19.1 Å². The van der Waals surface area contributed by atoms with Crippen LogP contribution in [0.3, 0.4) is 0 Å². The minimum atomic E-state index is -0.949. The van der Waals surface area contributed by atoms with Gasteiger partial charge >= 0.3 is 5.97 Å². The van der Waals surface area contributed by atoms with Gasteiger partial charge in [-0.15, -0.1) is 0 Å². The van der Waals surface area contributed by atoms with Crippen LogP contribution in [-0.4, -0.2) is 40.6 Å². The van der Waals surface area contributed by atoms with Gasteiger partial charge in [0.15, 0.2) is 0 Å². The molecule has 1 radical (unpaired) electrons. The first-order valence-electron chi connectivity index (χ1n) is 6.68. The zero-order valence-electron chi connectivity index (χ0n) is 12.7. The summed E-state index contributed by atoms with van der Waals surface area (Å²) in [7, 11) is 0. The second-order valence-corrected chi connectivity index (χ2v) is 5.17. The van der Waals surface area contributed by atoms with Gasteiger partial charge in [0.2, 0.25) is 5.43 Å². The first-order valence-corrected chi connectivity index (χ1v) is 6.68. The maximum absolute atomic E-state index is 12.6. The van der Waals surface area contributed by atoms with E-state index in [1.54, 1.807) is 31.2 Å². The first-order chi connectivity index (χ1) is 10.0. The maximum Gasteiger partial charge on any atom is 0.310 e. The molecule has 3 rings (SSSR count). The summed E-state index contributed by atoms with van der Waals surface area (Å²) >= 11 is 0. The van der Waals surface area contributed by atoms with Gasteiger partial charge in [-0.2, -0.15) is 0 Å². The van der Waals surface area contributed by atoms with Gasteiger partial charge in [-0.1, -0.05) is 24.3 Å². The van der Waals surface area contributed by atoms with Crippen LogP contribution in [0.1, 0.15) is 24.0 Å². The van der Waals surface area contributed by atoms with E-state index in [0.29, 0.717) is 27.5 Å². The second kappa shape index (κ2) is 6.24. The summed E-state index contributed by atoms with van der Waals surface area (Å²) in [5, 5.41) is 10.1. The molecule has 0 aliphatic heterocycles. The van der Waals surface area contributed by atoms with Gasteiger partial charge in [-0.3, -0.25) is 9.59 Å². The summed E-state index contributed by atoms with van der Waals surface area (Å²) in [6.45, 7) is 3.44. The molecule has 0 saturated carbocycles. The number of aliphatic carboxylic acids is 1. The predicted molar refractivity (Wildman–Crippen MR) is 86.5 cm³/mol. The second-order valence-electron chi connectivity index (χ2n) is 5.17. The minimum Gasteiger partial charge on any atom is -0.481 e. The molecule has 1 heterocycles. The standard InChI is InChI=1S/C17H14O4.Na/c1-9-5-3-7-12-14(18)13-8-4-6-11(10(2)17(19)20)16(13)21-15(9)12;/h3-8,10H,1-2H3,(H,19,20);. The molecule has 22 heavy (non-hydrogen) atoms. The molecule has 107 valence electrons. The third kappa shape index (κ3) is 2.58. The topological polar surface area (TPSA) is 67.5 Å². The van der Waals surface area contributed by atoms with Crippen LogP contribution in [-0.2, 0) is 4.79 Å². The van der Waals surface area contributed by atoms with Crippen molar-refractivity contribution >= 4 is 57.5 Å². The summed E-state index contributed by atoms with van der Waals surface area (Å²) in [6.07, 6.45) is 0. The van der Waals surface area contributed by atoms with Crippen molar-refractivity contribution in [3.8, 4) is 0 Å². The Morgan fingerprint density at radius 2 is 1.68 bits per heavy atom. The Morgan fingerprint density at radius 1 is 1.09 bits per heavy atom. The summed E-state index contributed by atoms with van der Waals surface area (Å²) in [5.74, 6) is -1.69. The molecule has 1 atom stereocenters. The molecule has 2 aromatic carbocycles. The number of para-hydroxylation sites is 2. The molecule has 0 spiro atoms. The Morgan fingerprint density at radius 3 is 2.32 bits per heavy atom. The van der Waals surface area contributed by atoms with Gasteiger partial charge in [-0.05, 0) is 31.5 Å². The van der Waals surface area contributed by atoms with Crippen molar-refractivity contribution in [2.75, 3.05) is 0 Å². The third-order valence-electron chi connectivity index (χ3n) is 3.79. The van der Waals surface area contributed by atoms with Crippen molar-refractivity contribution in [2.24, 2.45) is 0 Å². The van der Waals surface area contributed by atoms with Gasteiger partial charge in [-0.25, -0.2) is 0 Å². The van der Waals surface area contributed by atoms with Crippen molar-refractivity contribution in [3.05, 3.63) is 57.7 Å². The largest absolute Gasteiger partial charge is 0.481 e. The number of benzene rings is 2. The number of fused-ring (bicyclic) bond motifs is 2. The van der Waals surface area contributed by atoms with E-state index < -0.39 is 11.9 Å². The maximum atomic E-state index is 12.6. The van der Waals surface area contributed by atoms with E-state index in [0.717, 1.165) is 5.56 Å². The molecule has 0 aliphatic rings. The Bertz CT molecular complexity index is 927. The van der Waals surface area contributed by atoms with Gasteiger partial charge in [0.05, 0.1) is 16.7 Å². The predicted octanol–water partition coefficient (Wildman–Crippen LogP) is 3.06. The molecule has 0 saturated heterocycles. The smallest absolute Gasteiger partial charge is 0.310 e. The van der Waals surface area contributed by atoms with E-state index in [2.05, 4.69) is 0 Å². The van der Waals surface area contributed by atoms with Crippen LogP contribution in [0.5, 0.6) is 0 Å². The van der Waals surface area contributed by atoms with Crippen molar-refractivity contribution in [1.29, 1.82) is 0 Å². The zero-order valence-corrected chi connectivity index (χ0v) is 14.7. The SMILES string of the molecule is Cc1cccc2c(=O)c3cccc(C(C)C(=O)O)c3oc12.[Na]. The Balaban J connectivity index is 0.00000176. The van der Waals surface area contributed by atoms with Crippen LogP contribution in [0.2, 0.25) is 0 Å². The summed E-state index contributed by atoms with van der Waals surface area (Å²) in [5.41, 5.74) is 2.11. The van der Waals surface area contributed by atoms with Crippen molar-refractivity contribution < 1.29 is 14.3 Å². The van der Waals surface area contributed by atoms with Gasteiger partial charge < -0.3 is 9.52 Å². The number of carboxylic acid groups (broad SMARTS) is 1. The molecule has 1 aromatic heterocycles. The van der Waals surface area contributed by atoms with Crippen molar-refractivity contribution in [1.82, 2.24) is 0 Å². The fourth-order valence-corrected chi connectivity index (χ4v) is 2.54. The molecule has 0 bridgehead atoms. The van der Waals surface area contributed by atoms with Gasteiger partial charge in [0.25, 0.3) is 0 Å². The molecule has 5 heteroatoms. The number of aryl methyl sites for hydroxylation is 1. The monoisotopic (exact) mass is 305 g/mol. The molecular formula is C17H14NaO4. The zero-order chi connectivity index (χ0) is 15.1. The average molecular weight is 305 g/mol. The first kappa shape index (κ1) is 16.7. The number of carbonyl (C=O) groups is 1. The van der Waals surface area contributed by atoms with Crippen LogP contribution < -0.4 is 5.43 Å². The van der Waals surface area contributed by atoms with Gasteiger partial charge in [0.1, 0.15) is 11.2 Å². The van der Waals surface area contributed by atoms with Crippen LogP contribution in [0.25, 0.3) is 21.9 Å². The number of hydrogen-bond acceptors (Lipinski definition) is 3. The Kier molecular flexibility index (Phi) is 4.75. The van der Waals surface area contributed by atoms with E-state index in [9.17, 15) is 14.7 Å². The van der Waals surface area contributed by atoms with E-state index in [-0.39, 0.29) is 35.0 Å². The molecule has 4 nitrogen and oxygen atoms in total. The fraction of sp³-hybridized carbons (Fsp3) is 0.176. The number of carboxylic acids is 1. The Hall–Kier alpha value is -1.62. The van der Waals surface area contributed by atoms with Crippen LogP contribution in [0.15, 0.2) is 45.6 Å². The van der Waals surface area contributed by atoms with Crippen LogP contribution >= 0.6 is 0 Å². The summed E-state index contributed by atoms with van der Waals surface area (Å²) < 4.78 is 5.90. The van der Waals surface area contributed by atoms with E-state index >= 15 is 0 Å². The summed E-state index contributed by atoms with van der Waals surface area (Å²) in [4.78, 5) is 23.8. The summed E-state index contributed by atoms with van der Waals surface area (Å²) in [6, 6.07) is 10.4. The van der Waals surface area contributed by atoms with Crippen molar-refractivity contribution in [2.45, 2.75) is 19.8 Å². The quantitative estimate of drug-likeness (QED) is 0.583. The molecule has 1 N–H and O–H groups in total. The molecule has 0 amide bonds. The number of rotatable bonds is 2. The normalized spacial score (nSPS) is 12.1. The molecular weight excluding hydrogens is 291 g/mol. The molecule has 0 fully saturated rings.